The first-order chi connectivity index (χ1) is 18.0. The van der Waals surface area contributed by atoms with Gasteiger partial charge in [-0.2, -0.15) is 0 Å². The number of benzene rings is 1. The highest BCUT2D eigenvalue weighted by atomic mass is 35.5. The number of hydrogen-bond donors (Lipinski definition) is 1. The number of urea groups is 1. The maximum atomic E-state index is 13.1. The predicted molar refractivity (Wildman–Crippen MR) is 145 cm³/mol. The van der Waals surface area contributed by atoms with E-state index in [1.54, 1.807) is 36.9 Å². The number of pyridine rings is 1. The Morgan fingerprint density at radius 2 is 1.81 bits per heavy atom. The number of halogens is 1. The van der Waals surface area contributed by atoms with Crippen LogP contribution in [0.3, 0.4) is 0 Å². The standard InChI is InChI=1S/C26H29ClN6O3S/c1-36-22-6-5-19(16-20(22)27)29-24(34)21-17-37-25(30-21)18-7-10-32(11-8-18)26(35)33-14-12-31(13-15-33)23-4-2-3-9-28-23/h2-6,9,16-18H,7-8,10-15H2,1H3,(H,29,34). The topological polar surface area (TPSA) is 90.9 Å². The van der Waals surface area contributed by atoms with E-state index in [-0.39, 0.29) is 17.9 Å². The number of piperazine rings is 1. The summed E-state index contributed by atoms with van der Waals surface area (Å²) in [6.45, 7) is 4.34. The molecule has 2 fully saturated rings. The number of anilines is 2. The summed E-state index contributed by atoms with van der Waals surface area (Å²) in [6.07, 6.45) is 3.47. The monoisotopic (exact) mass is 540 g/mol. The molecule has 9 nitrogen and oxygen atoms in total. The third-order valence-electron chi connectivity index (χ3n) is 6.80. The molecule has 11 heteroatoms. The number of ether oxygens (including phenoxy) is 1. The number of likely N-dealkylation sites (tertiary alicyclic amines) is 1. The minimum Gasteiger partial charge on any atom is -0.495 e. The summed E-state index contributed by atoms with van der Waals surface area (Å²) in [5.74, 6) is 1.47. The van der Waals surface area contributed by atoms with Crippen LogP contribution in [0.4, 0.5) is 16.3 Å². The molecule has 0 spiro atoms. The third kappa shape index (κ3) is 5.80. The third-order valence-corrected chi connectivity index (χ3v) is 8.11. The summed E-state index contributed by atoms with van der Waals surface area (Å²) in [6, 6.07) is 11.1. The summed E-state index contributed by atoms with van der Waals surface area (Å²) in [5, 5.41) is 5.99. The quantitative estimate of drug-likeness (QED) is 0.509. The van der Waals surface area contributed by atoms with Gasteiger partial charge in [-0.15, -0.1) is 11.3 Å². The Bertz CT molecular complexity index is 1240. The van der Waals surface area contributed by atoms with Crippen molar-refractivity contribution < 1.29 is 14.3 Å². The van der Waals surface area contributed by atoms with E-state index in [0.717, 1.165) is 36.8 Å². The summed E-state index contributed by atoms with van der Waals surface area (Å²) < 4.78 is 5.15. The van der Waals surface area contributed by atoms with Crippen LogP contribution in [-0.2, 0) is 0 Å². The number of nitrogens with one attached hydrogen (secondary N) is 1. The van der Waals surface area contributed by atoms with E-state index in [1.165, 1.54) is 11.3 Å². The molecule has 2 saturated heterocycles. The number of rotatable bonds is 5. The Morgan fingerprint density at radius 3 is 2.49 bits per heavy atom. The van der Waals surface area contributed by atoms with Crippen LogP contribution in [0.5, 0.6) is 5.75 Å². The van der Waals surface area contributed by atoms with Gasteiger partial charge < -0.3 is 24.8 Å². The van der Waals surface area contributed by atoms with E-state index in [0.29, 0.717) is 48.3 Å². The highest BCUT2D eigenvalue weighted by Gasteiger charge is 2.30. The Kier molecular flexibility index (Phi) is 7.76. The lowest BCUT2D eigenvalue weighted by molar-refractivity contribution is 0.102. The first-order valence-corrected chi connectivity index (χ1v) is 13.6. The predicted octanol–water partition coefficient (Wildman–Crippen LogP) is 4.57. The van der Waals surface area contributed by atoms with Gasteiger partial charge in [-0.1, -0.05) is 17.7 Å². The van der Waals surface area contributed by atoms with E-state index in [2.05, 4.69) is 20.2 Å². The highest BCUT2D eigenvalue weighted by Crippen LogP contribution is 2.32. The second kappa shape index (κ2) is 11.4. The summed E-state index contributed by atoms with van der Waals surface area (Å²) in [4.78, 5) is 40.9. The Morgan fingerprint density at radius 1 is 1.05 bits per heavy atom. The van der Waals surface area contributed by atoms with E-state index in [1.807, 2.05) is 28.0 Å². The molecular weight excluding hydrogens is 512 g/mol. The molecule has 37 heavy (non-hydrogen) atoms. The zero-order valence-corrected chi connectivity index (χ0v) is 22.2. The Labute approximate surface area is 225 Å². The van der Waals surface area contributed by atoms with Crippen LogP contribution < -0.4 is 15.0 Å². The fourth-order valence-corrected chi connectivity index (χ4v) is 5.93. The van der Waals surface area contributed by atoms with Crippen LogP contribution in [0.25, 0.3) is 0 Å². The van der Waals surface area contributed by atoms with E-state index in [9.17, 15) is 9.59 Å². The number of hydrogen-bond acceptors (Lipinski definition) is 7. The molecule has 0 radical (unpaired) electrons. The fourth-order valence-electron chi connectivity index (χ4n) is 4.70. The number of carbonyl (C=O) groups excluding carboxylic acids is 2. The lowest BCUT2D eigenvalue weighted by atomic mass is 9.98. The zero-order chi connectivity index (χ0) is 25.8. The number of nitrogens with zero attached hydrogens (tertiary/aromatic N) is 5. The summed E-state index contributed by atoms with van der Waals surface area (Å²) in [7, 11) is 1.54. The molecule has 1 aromatic carbocycles. The molecule has 0 unspecified atom stereocenters. The van der Waals surface area contributed by atoms with Crippen molar-refractivity contribution >= 4 is 46.4 Å². The van der Waals surface area contributed by atoms with Crippen molar-refractivity contribution in [3.8, 4) is 5.75 Å². The van der Waals surface area contributed by atoms with E-state index >= 15 is 0 Å². The number of piperidine rings is 1. The SMILES string of the molecule is COc1ccc(NC(=O)c2csc(C3CCN(C(=O)N4CCN(c5ccccn5)CC4)CC3)n2)cc1Cl. The van der Waals surface area contributed by atoms with E-state index in [4.69, 9.17) is 16.3 Å². The van der Waals surface area contributed by atoms with Gasteiger partial charge in [-0.3, -0.25) is 4.79 Å². The van der Waals surface area contributed by atoms with Crippen LogP contribution in [0, 0.1) is 0 Å². The number of aromatic nitrogens is 2. The lowest BCUT2D eigenvalue weighted by Gasteiger charge is -2.39. The number of methoxy groups -OCH3 is 1. The van der Waals surface area contributed by atoms with Gasteiger partial charge in [0.25, 0.3) is 5.91 Å². The average molecular weight is 541 g/mol. The van der Waals surface area contributed by atoms with Crippen molar-refractivity contribution in [1.29, 1.82) is 0 Å². The number of amides is 3. The van der Waals surface area contributed by atoms with Gasteiger partial charge in [-0.25, -0.2) is 14.8 Å². The highest BCUT2D eigenvalue weighted by molar-refractivity contribution is 7.10. The van der Waals surface area contributed by atoms with E-state index < -0.39 is 0 Å². The molecule has 4 heterocycles. The fraction of sp³-hybridized carbons (Fsp3) is 0.385. The normalized spacial score (nSPS) is 16.5. The molecule has 194 valence electrons. The first-order valence-electron chi connectivity index (χ1n) is 12.3. The Balaban J connectivity index is 1.11. The molecule has 5 rings (SSSR count). The van der Waals surface area contributed by atoms with Gasteiger partial charge in [0, 0.05) is 62.5 Å². The second-order valence-corrected chi connectivity index (χ2v) is 10.4. The van der Waals surface area contributed by atoms with Gasteiger partial charge in [0.05, 0.1) is 17.1 Å². The minimum absolute atomic E-state index is 0.108. The summed E-state index contributed by atoms with van der Waals surface area (Å²) >= 11 is 7.65. The van der Waals surface area contributed by atoms with Crippen LogP contribution in [0.15, 0.2) is 48.0 Å². The molecule has 3 aromatic rings. The first kappa shape index (κ1) is 25.3. The Hall–Kier alpha value is -3.37. The molecule has 2 aliphatic rings. The van der Waals surface area contributed by atoms with Gasteiger partial charge in [0.1, 0.15) is 17.3 Å². The molecule has 3 amide bonds. The smallest absolute Gasteiger partial charge is 0.320 e. The van der Waals surface area contributed by atoms with Crippen molar-refractivity contribution in [1.82, 2.24) is 19.8 Å². The van der Waals surface area contributed by atoms with Gasteiger partial charge in [0.2, 0.25) is 0 Å². The molecule has 0 saturated carbocycles. The molecule has 2 aromatic heterocycles. The molecular formula is C26H29ClN6O3S. The van der Waals surface area contributed by atoms with Crippen LogP contribution in [0.1, 0.15) is 34.3 Å². The second-order valence-electron chi connectivity index (χ2n) is 9.08. The maximum Gasteiger partial charge on any atom is 0.320 e. The minimum atomic E-state index is -0.277. The van der Waals surface area contributed by atoms with Gasteiger partial charge >= 0.3 is 6.03 Å². The average Bonchev–Trinajstić information content (AvgIpc) is 3.44. The summed E-state index contributed by atoms with van der Waals surface area (Å²) in [5.41, 5.74) is 0.967. The van der Waals surface area contributed by atoms with Crippen LogP contribution in [-0.4, -0.2) is 78.1 Å². The van der Waals surface area contributed by atoms with Gasteiger partial charge in [-0.05, 0) is 43.2 Å². The number of carbonyl (C=O) groups is 2. The van der Waals surface area contributed by atoms with Crippen molar-refractivity contribution in [3.05, 3.63) is 63.7 Å². The number of thiazole rings is 1. The molecule has 0 bridgehead atoms. The van der Waals surface area contributed by atoms with Crippen molar-refractivity contribution in [2.24, 2.45) is 0 Å². The zero-order valence-electron chi connectivity index (χ0n) is 20.6. The largest absolute Gasteiger partial charge is 0.495 e. The van der Waals surface area contributed by atoms with Crippen molar-refractivity contribution in [2.75, 3.05) is 56.6 Å². The molecule has 1 N–H and O–H groups in total. The lowest BCUT2D eigenvalue weighted by Crippen LogP contribution is -2.54. The van der Waals surface area contributed by atoms with Crippen molar-refractivity contribution in [3.63, 3.8) is 0 Å². The van der Waals surface area contributed by atoms with Crippen LogP contribution in [0.2, 0.25) is 5.02 Å². The van der Waals surface area contributed by atoms with Crippen molar-refractivity contribution in [2.45, 2.75) is 18.8 Å². The maximum absolute atomic E-state index is 13.1. The van der Waals surface area contributed by atoms with Crippen LogP contribution >= 0.6 is 22.9 Å². The molecule has 2 aliphatic heterocycles. The molecule has 0 atom stereocenters. The molecule has 0 aliphatic carbocycles. The van der Waals surface area contributed by atoms with Gasteiger partial charge in [0.15, 0.2) is 0 Å².